The number of pyridine rings is 1. The molecule has 0 amide bonds. The van der Waals surface area contributed by atoms with E-state index in [0.29, 0.717) is 16.8 Å². The third-order valence-electron chi connectivity index (χ3n) is 6.75. The van der Waals surface area contributed by atoms with Crippen LogP contribution in [0.3, 0.4) is 0 Å². The van der Waals surface area contributed by atoms with Gasteiger partial charge in [0.15, 0.2) is 29.1 Å². The van der Waals surface area contributed by atoms with E-state index in [1.165, 1.54) is 10.9 Å². The summed E-state index contributed by atoms with van der Waals surface area (Å²) in [4.78, 5) is 28.2. The Hall–Kier alpha value is -3.43. The van der Waals surface area contributed by atoms with Crippen molar-refractivity contribution in [3.8, 4) is 5.75 Å². The molecule has 0 bridgehead atoms. The molecule has 40 heavy (non-hydrogen) atoms. The van der Waals surface area contributed by atoms with E-state index in [-0.39, 0.29) is 53.7 Å². The van der Waals surface area contributed by atoms with E-state index in [9.17, 15) is 14.5 Å². The number of hydrogen-bond donors (Lipinski definition) is 4. The summed E-state index contributed by atoms with van der Waals surface area (Å²) >= 11 is 0. The van der Waals surface area contributed by atoms with Crippen LogP contribution in [-0.4, -0.2) is 60.1 Å². The minimum Gasteiger partial charge on any atom is -0.461 e. The number of ether oxygens (including phenoxy) is 2. The van der Waals surface area contributed by atoms with Crippen LogP contribution < -0.4 is 21.1 Å². The molecule has 5 rings (SSSR count). The van der Waals surface area contributed by atoms with Crippen LogP contribution in [0.2, 0.25) is 0 Å². The van der Waals surface area contributed by atoms with Crippen molar-refractivity contribution in [2.24, 2.45) is 5.92 Å². The molecule has 0 saturated carbocycles. The molecule has 6 N–H and O–H groups in total. The maximum atomic E-state index is 15.8. The van der Waals surface area contributed by atoms with E-state index >= 15 is 4.39 Å². The molecule has 216 valence electrons. The quantitative estimate of drug-likeness (QED) is 0.231. The van der Waals surface area contributed by atoms with Gasteiger partial charge in [-0.25, -0.2) is 19.0 Å². The lowest BCUT2D eigenvalue weighted by Gasteiger charge is -2.29. The van der Waals surface area contributed by atoms with Crippen LogP contribution in [0.25, 0.3) is 11.2 Å². The number of fused-ring (bicyclic) bond motifs is 2. The molecule has 1 unspecified atom stereocenters. The van der Waals surface area contributed by atoms with Gasteiger partial charge < -0.3 is 30.6 Å². The van der Waals surface area contributed by atoms with Crippen LogP contribution in [0.4, 0.5) is 16.2 Å². The number of nitrogen functional groups attached to an aromatic ring is 2. The number of aliphatic hydroxyl groups excluding tert-OH is 1. The topological polar surface area (TPSA) is 212 Å². The zero-order valence-corrected chi connectivity index (χ0v) is 23.1. The fraction of sp³-hybridized carbons (Fsp3) is 0.522. The van der Waals surface area contributed by atoms with Gasteiger partial charge in [-0.05, 0) is 13.8 Å². The van der Waals surface area contributed by atoms with Gasteiger partial charge in [-0.3, -0.25) is 18.9 Å². The third-order valence-corrected chi connectivity index (χ3v) is 8.21. The number of alkyl halides is 1. The van der Waals surface area contributed by atoms with Crippen LogP contribution in [0, 0.1) is 12.8 Å². The van der Waals surface area contributed by atoms with Gasteiger partial charge in [0.05, 0.1) is 24.5 Å². The fourth-order valence-corrected chi connectivity index (χ4v) is 5.87. The molecule has 0 aliphatic carbocycles. The second-order valence-electron chi connectivity index (χ2n) is 10.1. The van der Waals surface area contributed by atoms with E-state index in [0.717, 1.165) is 6.92 Å². The second kappa shape index (κ2) is 10.2. The first-order valence-corrected chi connectivity index (χ1v) is 14.0. The zero-order chi connectivity index (χ0) is 29.0. The Morgan fingerprint density at radius 1 is 1.38 bits per heavy atom. The average Bonchev–Trinajstić information content (AvgIpc) is 3.40. The lowest BCUT2D eigenvalue weighted by atomic mass is 9.98. The molecule has 2 aliphatic heterocycles. The Morgan fingerprint density at radius 3 is 2.85 bits per heavy atom. The first kappa shape index (κ1) is 28.1. The number of imidazole rings is 1. The minimum absolute atomic E-state index is 0.00478. The summed E-state index contributed by atoms with van der Waals surface area (Å²) in [5.41, 5.74) is 11.1. The smallest absolute Gasteiger partial charge is 0.459 e. The number of aliphatic hydroxyl groups is 1. The van der Waals surface area contributed by atoms with Crippen LogP contribution >= 0.6 is 7.75 Å². The number of nitrogens with zero attached hydrogens (tertiary/aromatic N) is 5. The predicted octanol–water partition coefficient (Wildman–Crippen LogP) is 1.69. The van der Waals surface area contributed by atoms with Crippen molar-refractivity contribution in [3.63, 3.8) is 0 Å². The van der Waals surface area contributed by atoms with Gasteiger partial charge in [0.2, 0.25) is 5.95 Å². The predicted molar refractivity (Wildman–Crippen MR) is 138 cm³/mol. The number of halogens is 1. The highest BCUT2D eigenvalue weighted by Crippen LogP contribution is 2.51. The summed E-state index contributed by atoms with van der Waals surface area (Å²) in [5.74, 6) is -0.584. The largest absolute Gasteiger partial charge is 0.461 e. The van der Waals surface area contributed by atoms with E-state index in [1.807, 2.05) is 0 Å². The zero-order valence-electron chi connectivity index (χ0n) is 22.2. The van der Waals surface area contributed by atoms with Gasteiger partial charge in [-0.15, -0.1) is 0 Å². The number of aromatic nitrogens is 5. The van der Waals surface area contributed by atoms with E-state index in [2.05, 4.69) is 25.0 Å². The fourth-order valence-electron chi connectivity index (χ4n) is 4.48. The molecule has 15 nitrogen and oxygen atoms in total. The molecule has 17 heteroatoms. The highest BCUT2D eigenvalue weighted by molar-refractivity contribution is 7.52. The number of carbonyl (C=O) groups excluding carboxylic acids is 1. The van der Waals surface area contributed by atoms with Crippen molar-refractivity contribution < 1.29 is 37.4 Å². The van der Waals surface area contributed by atoms with E-state index < -0.39 is 38.5 Å². The van der Waals surface area contributed by atoms with Crippen LogP contribution in [0.1, 0.15) is 43.8 Å². The molecule has 0 radical (unpaired) electrons. The highest BCUT2D eigenvalue weighted by atomic mass is 31.2. The van der Waals surface area contributed by atoms with Crippen LogP contribution in [0.15, 0.2) is 12.5 Å². The van der Waals surface area contributed by atoms with Crippen molar-refractivity contribution in [1.82, 2.24) is 29.6 Å². The number of esters is 1. The molecule has 5 heterocycles. The Bertz CT molecular complexity index is 1520. The molecule has 2 aliphatic rings. The Morgan fingerprint density at radius 2 is 2.12 bits per heavy atom. The molecule has 3 aromatic rings. The Kier molecular flexibility index (Phi) is 7.17. The standard InChI is InChI=1S/C23H30FN8O7P/c1-10(2)20(34)36-7-12-5-27-11(3)16-13(12)6-29-40(35,39-16)37-8-14-17(33)23(4,24)21(38-14)32-9-28-15-18(25)30-22(26)31-19(15)32/h5,9-10,14,17,21,33H,6-8H2,1-4H3,(H,29,35)(H4,25,26,30,31)/t14-,17+,21-,23+,40?/m1/s1. The SMILES string of the molecule is Cc1ncc(COC(=O)C(C)C)c2c1OP(=O)(OC[C@H]1O[C@@H](n3cnc4c(N)nc(N)nc43)[C@@](C)(F)[C@H]1O)NC2. The summed E-state index contributed by atoms with van der Waals surface area (Å²) in [6.45, 7) is 5.80. The Balaban J connectivity index is 1.31. The molecular formula is C23H30FN8O7P. The first-order chi connectivity index (χ1) is 18.8. The van der Waals surface area contributed by atoms with E-state index in [4.69, 9.17) is 30.0 Å². The summed E-state index contributed by atoms with van der Waals surface area (Å²) in [6, 6.07) is 0. The van der Waals surface area contributed by atoms with Crippen molar-refractivity contribution in [2.75, 3.05) is 18.1 Å². The number of rotatable bonds is 7. The summed E-state index contributed by atoms with van der Waals surface area (Å²) in [5, 5.41) is 13.5. The van der Waals surface area contributed by atoms with Crippen molar-refractivity contribution >= 4 is 36.6 Å². The molecule has 1 fully saturated rings. The molecule has 1 saturated heterocycles. The van der Waals surface area contributed by atoms with Gasteiger partial charge in [0.25, 0.3) is 0 Å². The summed E-state index contributed by atoms with van der Waals surface area (Å²) < 4.78 is 52.9. The number of carbonyl (C=O) groups is 1. The van der Waals surface area contributed by atoms with Gasteiger partial charge >= 0.3 is 13.7 Å². The van der Waals surface area contributed by atoms with Gasteiger partial charge in [-0.1, -0.05) is 13.8 Å². The first-order valence-electron chi connectivity index (χ1n) is 12.4. The molecular weight excluding hydrogens is 550 g/mol. The number of anilines is 2. The normalized spacial score (nSPS) is 28.0. The monoisotopic (exact) mass is 580 g/mol. The van der Waals surface area contributed by atoms with Crippen molar-refractivity contribution in [2.45, 2.75) is 65.0 Å². The lowest BCUT2D eigenvalue weighted by Crippen LogP contribution is -2.41. The molecule has 5 atom stereocenters. The van der Waals surface area contributed by atoms with Gasteiger partial charge in [0, 0.05) is 23.9 Å². The molecule has 0 spiro atoms. The molecule has 0 aromatic carbocycles. The minimum atomic E-state index is -3.98. The van der Waals surface area contributed by atoms with Gasteiger partial charge in [-0.2, -0.15) is 9.97 Å². The van der Waals surface area contributed by atoms with Crippen LogP contribution in [-0.2, 0) is 36.5 Å². The van der Waals surface area contributed by atoms with Crippen molar-refractivity contribution in [3.05, 3.63) is 29.3 Å². The maximum absolute atomic E-state index is 15.8. The number of nitrogens with two attached hydrogens (primary N) is 2. The lowest BCUT2D eigenvalue weighted by molar-refractivity contribution is -0.148. The summed E-state index contributed by atoms with van der Waals surface area (Å²) in [7, 11) is -3.98. The number of nitrogens with one attached hydrogen (secondary N) is 1. The highest BCUT2D eigenvalue weighted by Gasteiger charge is 2.56. The van der Waals surface area contributed by atoms with Gasteiger partial charge in [0.1, 0.15) is 24.3 Å². The third kappa shape index (κ3) is 4.97. The van der Waals surface area contributed by atoms with Crippen LogP contribution in [0.5, 0.6) is 5.75 Å². The summed E-state index contributed by atoms with van der Waals surface area (Å²) in [6.07, 6.45) is -1.50. The average molecular weight is 581 g/mol. The number of aryl methyl sites for hydroxylation is 1. The van der Waals surface area contributed by atoms with Crippen molar-refractivity contribution in [1.29, 1.82) is 0 Å². The second-order valence-corrected chi connectivity index (χ2v) is 11.8. The Labute approximate surface area is 228 Å². The molecule has 3 aromatic heterocycles. The van der Waals surface area contributed by atoms with E-state index in [1.54, 1.807) is 27.0 Å². The maximum Gasteiger partial charge on any atom is 0.459 e. The number of hydrogen-bond acceptors (Lipinski definition) is 13.